The van der Waals surface area contributed by atoms with E-state index >= 15 is 0 Å². The lowest BCUT2D eigenvalue weighted by molar-refractivity contribution is 0.00990. The van der Waals surface area contributed by atoms with E-state index in [2.05, 4.69) is 46.4 Å². The molecule has 1 aromatic rings. The van der Waals surface area contributed by atoms with Crippen LogP contribution in [-0.2, 0) is 16.0 Å². The fraction of sp³-hybridized carbons (Fsp3) is 0.632. The van der Waals surface area contributed by atoms with Crippen LogP contribution in [0, 0.1) is 6.92 Å². The molecule has 1 saturated heterocycles. The highest BCUT2D eigenvalue weighted by Crippen LogP contribution is 2.14. The lowest BCUT2D eigenvalue weighted by atomic mass is 10.1. The van der Waals surface area contributed by atoms with E-state index in [0.717, 1.165) is 58.1 Å². The molecule has 5 heteroatoms. The molecule has 1 heterocycles. The minimum absolute atomic E-state index is 0.369. The third-order valence-electron chi connectivity index (χ3n) is 4.37. The van der Waals surface area contributed by atoms with Gasteiger partial charge in [-0.05, 0) is 31.7 Å². The maximum Gasteiger partial charge on any atom is 0.193 e. The molecule has 1 N–H and O–H groups in total. The highest BCUT2D eigenvalue weighted by Gasteiger charge is 2.21. The fourth-order valence-corrected chi connectivity index (χ4v) is 2.91. The molecular weight excluding hydrogens is 302 g/mol. The second-order valence-corrected chi connectivity index (χ2v) is 6.29. The van der Waals surface area contributed by atoms with Crippen LogP contribution in [0.3, 0.4) is 0 Å². The van der Waals surface area contributed by atoms with E-state index < -0.39 is 0 Å². The van der Waals surface area contributed by atoms with E-state index in [1.807, 2.05) is 7.05 Å². The summed E-state index contributed by atoms with van der Waals surface area (Å²) in [5.74, 6) is 0.980. The van der Waals surface area contributed by atoms with Gasteiger partial charge in [0.2, 0.25) is 0 Å². The number of nitrogens with zero attached hydrogens (tertiary/aromatic N) is 2. The minimum Gasteiger partial charge on any atom is -0.385 e. The summed E-state index contributed by atoms with van der Waals surface area (Å²) in [7, 11) is 3.58. The maximum atomic E-state index is 5.92. The van der Waals surface area contributed by atoms with Gasteiger partial charge in [0.1, 0.15) is 0 Å². The van der Waals surface area contributed by atoms with Gasteiger partial charge in [0.25, 0.3) is 0 Å². The molecule has 0 unspecified atom stereocenters. The summed E-state index contributed by atoms with van der Waals surface area (Å²) in [6.07, 6.45) is 3.45. The molecule has 0 radical (unpaired) electrons. The van der Waals surface area contributed by atoms with E-state index in [0.29, 0.717) is 6.10 Å². The Kier molecular flexibility index (Phi) is 8.05. The number of nitrogens with one attached hydrogen (secondary N) is 1. The third kappa shape index (κ3) is 6.13. The summed E-state index contributed by atoms with van der Waals surface area (Å²) < 4.78 is 11.0. The minimum atomic E-state index is 0.369. The van der Waals surface area contributed by atoms with Gasteiger partial charge in [-0.3, -0.25) is 4.99 Å². The van der Waals surface area contributed by atoms with Crippen molar-refractivity contribution in [3.8, 4) is 0 Å². The molecule has 1 aliphatic heterocycles. The predicted octanol–water partition coefficient (Wildman–Crippen LogP) is 2.59. The van der Waals surface area contributed by atoms with E-state index in [1.165, 1.54) is 11.1 Å². The topological polar surface area (TPSA) is 46.1 Å². The number of methoxy groups -OCH3 is 1. The monoisotopic (exact) mass is 333 g/mol. The molecule has 0 aliphatic carbocycles. The second-order valence-electron chi connectivity index (χ2n) is 6.29. The zero-order valence-corrected chi connectivity index (χ0v) is 15.3. The van der Waals surface area contributed by atoms with Crippen LogP contribution in [0.1, 0.15) is 30.4 Å². The standard InChI is InChI=1S/C19H31N3O2/c1-16-5-7-17(8-6-16)15-21-19(20-2)22-11-9-18(10-12-22)24-14-4-13-23-3/h5-8,18H,4,9-15H2,1-3H3,(H,20,21). The first-order valence-corrected chi connectivity index (χ1v) is 8.84. The Labute approximate surface area is 146 Å². The number of likely N-dealkylation sites (tertiary alicyclic amines) is 1. The molecule has 5 nitrogen and oxygen atoms in total. The van der Waals surface area contributed by atoms with Gasteiger partial charge in [0.15, 0.2) is 5.96 Å². The van der Waals surface area contributed by atoms with Gasteiger partial charge in [-0.1, -0.05) is 29.8 Å². The molecule has 0 saturated carbocycles. The largest absolute Gasteiger partial charge is 0.385 e. The van der Waals surface area contributed by atoms with Crippen LogP contribution in [0.15, 0.2) is 29.3 Å². The quantitative estimate of drug-likeness (QED) is 0.473. The average Bonchev–Trinajstić information content (AvgIpc) is 2.62. The summed E-state index contributed by atoms with van der Waals surface area (Å²) in [6, 6.07) is 8.61. The van der Waals surface area contributed by atoms with Crippen LogP contribution >= 0.6 is 0 Å². The van der Waals surface area contributed by atoms with Crippen molar-refractivity contribution < 1.29 is 9.47 Å². The highest BCUT2D eigenvalue weighted by molar-refractivity contribution is 5.79. The second kappa shape index (κ2) is 10.3. The molecule has 1 fully saturated rings. The van der Waals surface area contributed by atoms with Gasteiger partial charge >= 0.3 is 0 Å². The Morgan fingerprint density at radius 3 is 2.54 bits per heavy atom. The van der Waals surface area contributed by atoms with Crippen molar-refractivity contribution in [3.05, 3.63) is 35.4 Å². The zero-order valence-electron chi connectivity index (χ0n) is 15.3. The zero-order chi connectivity index (χ0) is 17.2. The molecule has 1 aliphatic rings. The van der Waals surface area contributed by atoms with Crippen molar-refractivity contribution in [2.45, 2.75) is 38.8 Å². The predicted molar refractivity (Wildman–Crippen MR) is 98.4 cm³/mol. The highest BCUT2D eigenvalue weighted by atomic mass is 16.5. The van der Waals surface area contributed by atoms with Gasteiger partial charge in [-0.15, -0.1) is 0 Å². The molecule has 24 heavy (non-hydrogen) atoms. The smallest absolute Gasteiger partial charge is 0.193 e. The van der Waals surface area contributed by atoms with Gasteiger partial charge in [-0.25, -0.2) is 0 Å². The molecule has 134 valence electrons. The van der Waals surface area contributed by atoms with Gasteiger partial charge in [-0.2, -0.15) is 0 Å². The lowest BCUT2D eigenvalue weighted by Gasteiger charge is -2.34. The summed E-state index contributed by atoms with van der Waals surface area (Å²) in [5, 5.41) is 3.47. The summed E-state index contributed by atoms with van der Waals surface area (Å²) in [5.41, 5.74) is 2.56. The molecule has 0 amide bonds. The Morgan fingerprint density at radius 2 is 1.92 bits per heavy atom. The molecular formula is C19H31N3O2. The van der Waals surface area contributed by atoms with Gasteiger partial charge in [0, 0.05) is 47.0 Å². The molecule has 0 aromatic heterocycles. The first-order valence-electron chi connectivity index (χ1n) is 8.84. The van der Waals surface area contributed by atoms with Crippen LogP contribution in [0.5, 0.6) is 0 Å². The number of rotatable bonds is 7. The van der Waals surface area contributed by atoms with Crippen molar-refractivity contribution in [2.75, 3.05) is 40.5 Å². The molecule has 2 rings (SSSR count). The number of hydrogen-bond donors (Lipinski definition) is 1. The number of ether oxygens (including phenoxy) is 2. The van der Waals surface area contributed by atoms with Gasteiger partial charge in [0.05, 0.1) is 6.10 Å². The average molecular weight is 333 g/mol. The number of piperidine rings is 1. The van der Waals surface area contributed by atoms with Crippen LogP contribution in [-0.4, -0.2) is 57.4 Å². The third-order valence-corrected chi connectivity index (χ3v) is 4.37. The number of hydrogen-bond acceptors (Lipinski definition) is 3. The van der Waals surface area contributed by atoms with Crippen molar-refractivity contribution in [2.24, 2.45) is 4.99 Å². The number of aryl methyl sites for hydroxylation is 1. The number of aliphatic imine (C=N–C) groups is 1. The van der Waals surface area contributed by atoms with E-state index in [1.54, 1.807) is 7.11 Å². The molecule has 0 spiro atoms. The molecule has 1 aromatic carbocycles. The summed E-state index contributed by atoms with van der Waals surface area (Å²) in [6.45, 7) is 6.45. The van der Waals surface area contributed by atoms with Crippen molar-refractivity contribution >= 4 is 5.96 Å². The summed E-state index contributed by atoms with van der Waals surface area (Å²) >= 11 is 0. The van der Waals surface area contributed by atoms with Crippen molar-refractivity contribution in [1.29, 1.82) is 0 Å². The van der Waals surface area contributed by atoms with Crippen molar-refractivity contribution in [3.63, 3.8) is 0 Å². The Balaban J connectivity index is 1.71. The first-order chi connectivity index (χ1) is 11.7. The number of guanidine groups is 1. The SMILES string of the molecule is CN=C(NCc1ccc(C)cc1)N1CCC(OCCCOC)CC1. The lowest BCUT2D eigenvalue weighted by Crippen LogP contribution is -2.46. The van der Waals surface area contributed by atoms with Gasteiger partial charge < -0.3 is 19.7 Å². The van der Waals surface area contributed by atoms with Crippen LogP contribution in [0.4, 0.5) is 0 Å². The van der Waals surface area contributed by atoms with E-state index in [9.17, 15) is 0 Å². The Morgan fingerprint density at radius 1 is 1.21 bits per heavy atom. The first kappa shape index (κ1) is 18.7. The van der Waals surface area contributed by atoms with E-state index in [-0.39, 0.29) is 0 Å². The Hall–Kier alpha value is -1.59. The van der Waals surface area contributed by atoms with Crippen LogP contribution in [0.2, 0.25) is 0 Å². The summed E-state index contributed by atoms with van der Waals surface area (Å²) in [4.78, 5) is 6.75. The van der Waals surface area contributed by atoms with E-state index in [4.69, 9.17) is 9.47 Å². The maximum absolute atomic E-state index is 5.92. The van der Waals surface area contributed by atoms with Crippen LogP contribution in [0.25, 0.3) is 0 Å². The van der Waals surface area contributed by atoms with Crippen LogP contribution < -0.4 is 5.32 Å². The molecule has 0 bridgehead atoms. The normalized spacial score (nSPS) is 16.5. The fourth-order valence-electron chi connectivity index (χ4n) is 2.91. The number of benzene rings is 1. The van der Waals surface area contributed by atoms with Crippen molar-refractivity contribution in [1.82, 2.24) is 10.2 Å². The molecule has 0 atom stereocenters. The Bertz CT molecular complexity index is 494.